The van der Waals surface area contributed by atoms with Crippen molar-refractivity contribution in [2.45, 2.75) is 45.8 Å². The number of ketones is 1. The zero-order valence-corrected chi connectivity index (χ0v) is 19.0. The molecule has 1 aliphatic heterocycles. The van der Waals surface area contributed by atoms with E-state index in [0.29, 0.717) is 17.0 Å². The molecule has 2 unspecified atom stereocenters. The van der Waals surface area contributed by atoms with E-state index >= 15 is 0 Å². The number of rotatable bonds is 3. The first-order valence-corrected chi connectivity index (χ1v) is 11.0. The van der Waals surface area contributed by atoms with Crippen LogP contribution in [0.15, 0.2) is 47.5 Å². The van der Waals surface area contributed by atoms with Gasteiger partial charge in [0.15, 0.2) is 11.5 Å². The average molecular weight is 474 g/mol. The number of nitrogens with zero attached hydrogens (tertiary/aromatic N) is 2. The van der Waals surface area contributed by atoms with Gasteiger partial charge in [-0.1, -0.05) is 32.0 Å². The zero-order chi connectivity index (χ0) is 24.8. The van der Waals surface area contributed by atoms with Gasteiger partial charge in [0.1, 0.15) is 5.78 Å². The number of fused-ring (bicyclic) bond motifs is 2. The molecular formula is C25H25F3N2O4. The van der Waals surface area contributed by atoms with Gasteiger partial charge in [0.25, 0.3) is 0 Å². The van der Waals surface area contributed by atoms with Crippen LogP contribution in [0.5, 0.6) is 11.5 Å². The molecule has 180 valence electrons. The fraction of sp³-hybridized carbons (Fsp3) is 0.400. The van der Waals surface area contributed by atoms with Crippen LogP contribution in [-0.4, -0.2) is 35.3 Å². The minimum Gasteiger partial charge on any atom is -0.504 e. The number of aromatic hydroxyl groups is 1. The number of anilines is 1. The van der Waals surface area contributed by atoms with E-state index < -0.39 is 29.5 Å². The number of ether oxygens (including phenoxy) is 1. The molecule has 2 atom stereocenters. The minimum absolute atomic E-state index is 0.0339. The molecule has 1 N–H and O–H groups in total. The van der Waals surface area contributed by atoms with E-state index in [1.807, 2.05) is 13.8 Å². The number of Topliss-reactive ketones (excluding diaryl/α,β-unsaturated/α-hetero) is 1. The van der Waals surface area contributed by atoms with Gasteiger partial charge in [0, 0.05) is 12.1 Å². The lowest BCUT2D eigenvalue weighted by Crippen LogP contribution is -2.50. The number of alkyl halides is 3. The van der Waals surface area contributed by atoms with Crippen LogP contribution < -0.4 is 9.64 Å². The van der Waals surface area contributed by atoms with E-state index in [1.54, 1.807) is 13.0 Å². The predicted molar refractivity (Wildman–Crippen MR) is 121 cm³/mol. The van der Waals surface area contributed by atoms with Gasteiger partial charge in [-0.3, -0.25) is 19.5 Å². The molecule has 2 aromatic rings. The van der Waals surface area contributed by atoms with Crippen molar-refractivity contribution in [1.29, 1.82) is 0 Å². The SMILES string of the molecule is CCOc1cc(C2C3C(=O)CC(C)(C)CC3=Nc3ccccc3N2C(=O)C(F)(F)F)ccc1O. The Bertz CT molecular complexity index is 1170. The van der Waals surface area contributed by atoms with Crippen LogP contribution in [-0.2, 0) is 9.59 Å². The minimum atomic E-state index is -5.19. The standard InChI is InChI=1S/C25H25F3N2O4/c1-4-34-20-11-14(9-10-18(20)31)22-21-16(12-24(2,3)13-19(21)32)29-15-7-5-6-8-17(15)30(22)23(33)25(26,27)28/h5-11,21-22,31H,4,12-13H2,1-3H3. The largest absolute Gasteiger partial charge is 0.504 e. The number of phenols is 1. The summed E-state index contributed by atoms with van der Waals surface area (Å²) in [6.07, 6.45) is -4.67. The van der Waals surface area contributed by atoms with Gasteiger partial charge in [0.05, 0.1) is 29.9 Å². The van der Waals surface area contributed by atoms with Crippen LogP contribution in [0.25, 0.3) is 0 Å². The first-order valence-electron chi connectivity index (χ1n) is 11.0. The van der Waals surface area contributed by atoms with E-state index in [-0.39, 0.29) is 47.2 Å². The Balaban J connectivity index is 2.01. The lowest BCUT2D eigenvalue weighted by Gasteiger charge is -2.41. The number of benzene rings is 2. The number of para-hydroxylation sites is 2. The highest BCUT2D eigenvalue weighted by Crippen LogP contribution is 2.49. The first-order chi connectivity index (χ1) is 15.9. The third kappa shape index (κ3) is 4.26. The molecule has 34 heavy (non-hydrogen) atoms. The summed E-state index contributed by atoms with van der Waals surface area (Å²) in [5.41, 5.74) is 0.398. The fourth-order valence-corrected chi connectivity index (χ4v) is 4.81. The van der Waals surface area contributed by atoms with E-state index in [9.17, 15) is 27.9 Å². The molecule has 1 aliphatic carbocycles. The zero-order valence-electron chi connectivity index (χ0n) is 19.0. The molecule has 1 fully saturated rings. The smallest absolute Gasteiger partial charge is 0.471 e. The van der Waals surface area contributed by atoms with Gasteiger partial charge in [-0.2, -0.15) is 13.2 Å². The monoisotopic (exact) mass is 474 g/mol. The van der Waals surface area contributed by atoms with Crippen molar-refractivity contribution in [3.8, 4) is 11.5 Å². The normalized spacial score (nSPS) is 21.8. The van der Waals surface area contributed by atoms with Crippen molar-refractivity contribution in [3.63, 3.8) is 0 Å². The summed E-state index contributed by atoms with van der Waals surface area (Å²) in [6.45, 7) is 5.72. The predicted octanol–water partition coefficient (Wildman–Crippen LogP) is 5.52. The summed E-state index contributed by atoms with van der Waals surface area (Å²) in [4.78, 5) is 31.6. The molecular weight excluding hydrogens is 449 g/mol. The second-order valence-electron chi connectivity index (χ2n) is 9.33. The van der Waals surface area contributed by atoms with Gasteiger partial charge in [0.2, 0.25) is 0 Å². The molecule has 0 spiro atoms. The highest BCUT2D eigenvalue weighted by atomic mass is 19.4. The van der Waals surface area contributed by atoms with Crippen LogP contribution in [0.1, 0.15) is 45.2 Å². The molecule has 0 radical (unpaired) electrons. The molecule has 1 saturated carbocycles. The van der Waals surface area contributed by atoms with Crippen molar-refractivity contribution < 1.29 is 32.6 Å². The summed E-state index contributed by atoms with van der Waals surface area (Å²) < 4.78 is 47.1. The second kappa shape index (κ2) is 8.45. The number of halogens is 3. The maximum atomic E-state index is 13.9. The van der Waals surface area contributed by atoms with E-state index in [2.05, 4.69) is 4.99 Å². The fourth-order valence-electron chi connectivity index (χ4n) is 4.81. The summed E-state index contributed by atoms with van der Waals surface area (Å²) in [5.74, 6) is -3.60. The number of hydrogen-bond acceptors (Lipinski definition) is 5. The Morgan fingerprint density at radius 1 is 1.21 bits per heavy atom. The van der Waals surface area contributed by atoms with E-state index in [1.165, 1.54) is 36.4 Å². The van der Waals surface area contributed by atoms with Crippen molar-refractivity contribution in [3.05, 3.63) is 48.0 Å². The molecule has 1 amide bonds. The molecule has 9 heteroatoms. The number of carbonyl (C=O) groups is 2. The number of carbonyl (C=O) groups excluding carboxylic acids is 2. The third-order valence-electron chi connectivity index (χ3n) is 6.10. The molecule has 2 aromatic carbocycles. The van der Waals surface area contributed by atoms with Crippen LogP contribution >= 0.6 is 0 Å². The molecule has 2 aliphatic rings. The summed E-state index contributed by atoms with van der Waals surface area (Å²) in [5, 5.41) is 10.2. The molecule has 4 rings (SSSR count). The van der Waals surface area contributed by atoms with Crippen molar-refractivity contribution in [2.24, 2.45) is 16.3 Å². The van der Waals surface area contributed by atoms with Crippen LogP contribution in [0.3, 0.4) is 0 Å². The first kappa shape index (κ1) is 23.8. The van der Waals surface area contributed by atoms with Gasteiger partial charge in [-0.25, -0.2) is 0 Å². The highest BCUT2D eigenvalue weighted by Gasteiger charge is 2.52. The van der Waals surface area contributed by atoms with Gasteiger partial charge in [-0.15, -0.1) is 0 Å². The van der Waals surface area contributed by atoms with Gasteiger partial charge < -0.3 is 9.84 Å². The second-order valence-corrected chi connectivity index (χ2v) is 9.33. The van der Waals surface area contributed by atoms with E-state index in [4.69, 9.17) is 4.74 Å². The lowest BCUT2D eigenvalue weighted by molar-refractivity contribution is -0.171. The Morgan fingerprint density at radius 3 is 2.59 bits per heavy atom. The molecule has 0 saturated heterocycles. The van der Waals surface area contributed by atoms with Crippen LogP contribution in [0, 0.1) is 11.3 Å². The number of hydrogen-bond donors (Lipinski definition) is 1. The maximum absolute atomic E-state index is 13.9. The summed E-state index contributed by atoms with van der Waals surface area (Å²) in [7, 11) is 0. The Kier molecular flexibility index (Phi) is 5.91. The quantitative estimate of drug-likeness (QED) is 0.636. The van der Waals surface area contributed by atoms with Gasteiger partial charge >= 0.3 is 12.1 Å². The molecule has 6 nitrogen and oxygen atoms in total. The topological polar surface area (TPSA) is 79.2 Å². The van der Waals surface area contributed by atoms with Crippen molar-refractivity contribution in [1.82, 2.24) is 0 Å². The van der Waals surface area contributed by atoms with Crippen LogP contribution in [0.4, 0.5) is 24.5 Å². The average Bonchev–Trinajstić information content (AvgIpc) is 2.87. The summed E-state index contributed by atoms with van der Waals surface area (Å²) in [6, 6.07) is 8.85. The Hall–Kier alpha value is -3.36. The number of phenolic OH excluding ortho intramolecular Hbond substituents is 1. The van der Waals surface area contributed by atoms with Crippen LogP contribution in [0.2, 0.25) is 0 Å². The Morgan fingerprint density at radius 2 is 1.91 bits per heavy atom. The van der Waals surface area contributed by atoms with E-state index in [0.717, 1.165) is 0 Å². The Labute approximate surface area is 195 Å². The van der Waals surface area contributed by atoms with Crippen molar-refractivity contribution in [2.75, 3.05) is 11.5 Å². The van der Waals surface area contributed by atoms with Crippen molar-refractivity contribution >= 4 is 28.8 Å². The molecule has 0 bridgehead atoms. The maximum Gasteiger partial charge on any atom is 0.471 e. The third-order valence-corrected chi connectivity index (χ3v) is 6.10. The molecule has 0 aromatic heterocycles. The highest BCUT2D eigenvalue weighted by molar-refractivity contribution is 6.13. The lowest BCUT2D eigenvalue weighted by atomic mass is 9.68. The molecule has 1 heterocycles. The van der Waals surface area contributed by atoms with Gasteiger partial charge in [-0.05, 0) is 48.6 Å². The summed E-state index contributed by atoms with van der Waals surface area (Å²) >= 11 is 0. The number of amides is 1. The number of aliphatic imine (C=N–C) groups is 1.